The number of allylic oxidation sites excluding steroid dienone is 2. The van der Waals surface area contributed by atoms with Crippen molar-refractivity contribution >= 4 is 20.9 Å². The molecule has 2 unspecified atom stereocenters. The zero-order valence-corrected chi connectivity index (χ0v) is 32.6. The van der Waals surface area contributed by atoms with Crippen LogP contribution >= 0.6 is 0 Å². The summed E-state index contributed by atoms with van der Waals surface area (Å²) in [7, 11) is 0.924. The lowest BCUT2D eigenvalue weighted by Gasteiger charge is -2.30. The first kappa shape index (κ1) is 32.9. The van der Waals surface area contributed by atoms with E-state index >= 15 is 0 Å². The molecule has 0 amide bonds. The van der Waals surface area contributed by atoms with Crippen LogP contribution in [-0.2, 0) is 18.3 Å². The van der Waals surface area contributed by atoms with Crippen LogP contribution in [-0.4, -0.2) is 15.9 Å². The fourth-order valence-corrected chi connectivity index (χ4v) is 11.9. The molecule has 0 aromatic heterocycles. The Kier molecular flexibility index (Phi) is 8.06. The number of hydrogen-bond donors (Lipinski definition) is 0. The lowest BCUT2D eigenvalue weighted by molar-refractivity contribution is 0.399. The molecule has 4 aromatic rings. The first-order valence-corrected chi connectivity index (χ1v) is 21.2. The van der Waals surface area contributed by atoms with Gasteiger partial charge in [0.05, 0.1) is 7.11 Å². The van der Waals surface area contributed by atoms with Crippen LogP contribution in [0.15, 0.2) is 53.6 Å². The van der Waals surface area contributed by atoms with Crippen LogP contribution < -0.4 is 4.74 Å². The van der Waals surface area contributed by atoms with Crippen molar-refractivity contribution in [1.82, 2.24) is 0 Å². The van der Waals surface area contributed by atoms with Crippen LogP contribution in [0.3, 0.4) is 0 Å². The third kappa shape index (κ3) is 5.18. The molecule has 0 heterocycles. The van der Waals surface area contributed by atoms with Crippen LogP contribution in [0.4, 0.5) is 0 Å². The smallest absolute Gasteiger partial charge is 0.131 e. The number of fused-ring (bicyclic) bond motifs is 3. The van der Waals surface area contributed by atoms with Crippen LogP contribution in [0.5, 0.6) is 5.75 Å². The third-order valence-corrected chi connectivity index (χ3v) is 13.7. The van der Waals surface area contributed by atoms with Gasteiger partial charge in [0, 0.05) is 25.8 Å². The van der Waals surface area contributed by atoms with Crippen molar-refractivity contribution in [2.45, 2.75) is 112 Å². The van der Waals surface area contributed by atoms with E-state index in [1.165, 1.54) is 91.6 Å². The monoisotopic (exact) mass is 650 g/mol. The molecule has 0 fully saturated rings. The summed E-state index contributed by atoms with van der Waals surface area (Å²) in [4.78, 5) is 0. The van der Waals surface area contributed by atoms with E-state index in [4.69, 9.17) is 4.74 Å². The van der Waals surface area contributed by atoms with Crippen molar-refractivity contribution in [3.05, 3.63) is 120 Å². The van der Waals surface area contributed by atoms with E-state index in [1.807, 2.05) is 7.11 Å². The fourth-order valence-electron chi connectivity index (χ4n) is 9.73. The van der Waals surface area contributed by atoms with Gasteiger partial charge >= 0.3 is 0 Å². The van der Waals surface area contributed by atoms with Crippen LogP contribution in [0.1, 0.15) is 119 Å². The Hall–Kier alpha value is -3.62. The standard InChI is InChI=1S/C46H54OSi/c1-25-16-26(2)19-32(18-25)42-34-21-29(5)40(36(34)24-39(44(42)47-10)46(7,8)9)41-28(4)17-27(3)20-38(41)43-33-15-13-14-31(33)23-37-35(43)22-30(6)45(37)48(11)12/h16-24,40,45,48H,13-15H2,1-12H3. The lowest BCUT2D eigenvalue weighted by Crippen LogP contribution is -2.16. The fraction of sp³-hybridized carbons (Fsp3) is 0.391. The Labute approximate surface area is 291 Å². The highest BCUT2D eigenvalue weighted by Crippen LogP contribution is 2.55. The van der Waals surface area contributed by atoms with Crippen molar-refractivity contribution < 1.29 is 4.74 Å². The van der Waals surface area contributed by atoms with Gasteiger partial charge < -0.3 is 4.74 Å². The molecule has 3 aliphatic carbocycles. The maximum absolute atomic E-state index is 6.38. The number of methoxy groups -OCH3 is 1. The summed E-state index contributed by atoms with van der Waals surface area (Å²) < 4.78 is 6.38. The molecule has 0 N–H and O–H groups in total. The molecular weight excluding hydrogens is 597 g/mol. The maximum Gasteiger partial charge on any atom is 0.131 e. The molecule has 0 bridgehead atoms. The van der Waals surface area contributed by atoms with Gasteiger partial charge in [-0.1, -0.05) is 110 Å². The molecule has 0 radical (unpaired) electrons. The van der Waals surface area contributed by atoms with Gasteiger partial charge in [-0.25, -0.2) is 0 Å². The molecule has 0 spiro atoms. The number of rotatable bonds is 5. The van der Waals surface area contributed by atoms with E-state index in [0.717, 1.165) is 5.75 Å². The Balaban J connectivity index is 1.56. The molecule has 4 aromatic carbocycles. The van der Waals surface area contributed by atoms with Crippen LogP contribution in [0.25, 0.3) is 34.4 Å². The molecule has 3 aliphatic rings. The molecule has 48 heavy (non-hydrogen) atoms. The minimum absolute atomic E-state index is 0.0840. The average Bonchev–Trinajstić information content (AvgIpc) is 3.67. The predicted octanol–water partition coefficient (Wildman–Crippen LogP) is 12.1. The van der Waals surface area contributed by atoms with Crippen molar-refractivity contribution in [2.24, 2.45) is 0 Å². The highest BCUT2D eigenvalue weighted by atomic mass is 28.3. The van der Waals surface area contributed by atoms with Crippen molar-refractivity contribution in [3.8, 4) is 28.0 Å². The summed E-state index contributed by atoms with van der Waals surface area (Å²) in [5.41, 5.74) is 26.2. The van der Waals surface area contributed by atoms with E-state index in [1.54, 1.807) is 27.8 Å². The second-order valence-electron chi connectivity index (χ2n) is 16.7. The Morgan fingerprint density at radius 2 is 1.35 bits per heavy atom. The first-order valence-electron chi connectivity index (χ1n) is 18.2. The number of hydrogen-bond acceptors (Lipinski definition) is 1. The maximum atomic E-state index is 6.38. The van der Waals surface area contributed by atoms with Gasteiger partial charge in [-0.2, -0.15) is 0 Å². The Morgan fingerprint density at radius 3 is 2.00 bits per heavy atom. The summed E-state index contributed by atoms with van der Waals surface area (Å²) >= 11 is 0. The van der Waals surface area contributed by atoms with Gasteiger partial charge in [0.2, 0.25) is 0 Å². The minimum atomic E-state index is -0.931. The minimum Gasteiger partial charge on any atom is -0.496 e. The molecular formula is C46H54OSi. The van der Waals surface area contributed by atoms with Crippen LogP contribution in [0, 0.1) is 27.7 Å². The van der Waals surface area contributed by atoms with E-state index in [-0.39, 0.29) is 11.3 Å². The molecule has 0 saturated heterocycles. The van der Waals surface area contributed by atoms with E-state index in [2.05, 4.69) is 130 Å². The highest BCUT2D eigenvalue weighted by Gasteiger charge is 2.37. The second kappa shape index (κ2) is 11.8. The van der Waals surface area contributed by atoms with Gasteiger partial charge in [-0.05, 0) is 139 Å². The summed E-state index contributed by atoms with van der Waals surface area (Å²) in [6.45, 7) is 25.9. The van der Waals surface area contributed by atoms with Gasteiger partial charge in [-0.15, -0.1) is 0 Å². The Bertz CT molecular complexity index is 2040. The summed E-state index contributed by atoms with van der Waals surface area (Å²) in [5, 5.41) is 0. The van der Waals surface area contributed by atoms with E-state index in [9.17, 15) is 0 Å². The highest BCUT2D eigenvalue weighted by molar-refractivity contribution is 6.58. The largest absolute Gasteiger partial charge is 0.496 e. The van der Waals surface area contributed by atoms with Gasteiger partial charge in [0.15, 0.2) is 0 Å². The van der Waals surface area contributed by atoms with Crippen molar-refractivity contribution in [1.29, 1.82) is 0 Å². The molecule has 1 nitrogen and oxygen atoms in total. The van der Waals surface area contributed by atoms with Crippen molar-refractivity contribution in [3.63, 3.8) is 0 Å². The third-order valence-electron chi connectivity index (χ3n) is 11.4. The summed E-state index contributed by atoms with van der Waals surface area (Å²) in [5.74, 6) is 1.20. The summed E-state index contributed by atoms with van der Waals surface area (Å²) in [6.07, 6.45) is 8.71. The SMILES string of the molecule is COc1c(C(C)(C)C)cc2c(c1-c1cc(C)cc(C)c1)C=C(C)C2c1c(C)cc(C)cc1-c1c2c(cc3c1CCC3)C([SiH](C)C)C(C)=C2. The lowest BCUT2D eigenvalue weighted by atomic mass is 9.75. The quantitative estimate of drug-likeness (QED) is 0.195. The normalized spacial score (nSPS) is 18.2. The van der Waals surface area contributed by atoms with Gasteiger partial charge in [0.25, 0.3) is 0 Å². The number of ether oxygens (including phenoxy) is 1. The molecule has 0 saturated carbocycles. The Morgan fingerprint density at radius 1 is 0.708 bits per heavy atom. The number of aryl methyl sites for hydroxylation is 5. The zero-order chi connectivity index (χ0) is 34.4. The average molecular weight is 651 g/mol. The molecule has 2 heteroatoms. The molecule has 2 atom stereocenters. The topological polar surface area (TPSA) is 9.23 Å². The van der Waals surface area contributed by atoms with E-state index < -0.39 is 8.80 Å². The molecule has 248 valence electrons. The number of benzene rings is 4. The zero-order valence-electron chi connectivity index (χ0n) is 31.5. The van der Waals surface area contributed by atoms with Crippen LogP contribution in [0.2, 0.25) is 13.1 Å². The van der Waals surface area contributed by atoms with E-state index in [0.29, 0.717) is 5.54 Å². The predicted molar refractivity (Wildman–Crippen MR) is 211 cm³/mol. The summed E-state index contributed by atoms with van der Waals surface area (Å²) in [6, 6.07) is 17.1. The van der Waals surface area contributed by atoms with Crippen molar-refractivity contribution in [2.75, 3.05) is 7.11 Å². The first-order chi connectivity index (χ1) is 22.7. The molecule has 7 rings (SSSR count). The van der Waals surface area contributed by atoms with Gasteiger partial charge in [-0.3, -0.25) is 0 Å². The molecule has 0 aliphatic heterocycles. The second-order valence-corrected chi connectivity index (χ2v) is 19.8. The van der Waals surface area contributed by atoms with Gasteiger partial charge in [0.1, 0.15) is 5.75 Å².